The minimum atomic E-state index is -0.412. The minimum absolute atomic E-state index is 0.146. The van der Waals surface area contributed by atoms with Gasteiger partial charge in [0.25, 0.3) is 0 Å². The van der Waals surface area contributed by atoms with Gasteiger partial charge in [-0.25, -0.2) is 0 Å². The van der Waals surface area contributed by atoms with Gasteiger partial charge >= 0.3 is 5.97 Å². The van der Waals surface area contributed by atoms with Crippen LogP contribution in [0.4, 0.5) is 0 Å². The maximum atomic E-state index is 11.2. The molecule has 0 aliphatic heterocycles. The van der Waals surface area contributed by atoms with Crippen LogP contribution in [0, 0.1) is 0 Å². The number of esters is 1. The zero-order valence-electron chi connectivity index (χ0n) is 8.89. The molecule has 0 saturated carbocycles. The number of carbonyl (C=O) groups excluding carboxylic acids is 1. The molecule has 1 unspecified atom stereocenters. The number of ether oxygens (including phenoxy) is 1. The second-order valence-electron chi connectivity index (χ2n) is 4.10. The summed E-state index contributed by atoms with van der Waals surface area (Å²) in [6.45, 7) is 8.19. The molecule has 0 bridgehead atoms. The lowest BCUT2D eigenvalue weighted by Crippen LogP contribution is -2.39. The average molecular weight is 188 g/mol. The van der Waals surface area contributed by atoms with E-state index in [4.69, 9.17) is 10.5 Å². The maximum absolute atomic E-state index is 11.2. The molecule has 0 radical (unpaired) electrons. The van der Waals surface area contributed by atoms with Gasteiger partial charge in [0.1, 0.15) is 5.60 Å². The van der Waals surface area contributed by atoms with Crippen LogP contribution in [0.1, 0.15) is 27.7 Å². The number of hydrogen-bond donors (Lipinski definition) is 2. The SMILES string of the molecule is CC(CN)NCC(=O)OC(C)(C)C. The van der Waals surface area contributed by atoms with E-state index in [0.29, 0.717) is 6.54 Å². The Morgan fingerprint density at radius 3 is 2.46 bits per heavy atom. The van der Waals surface area contributed by atoms with Crippen molar-refractivity contribution in [1.82, 2.24) is 5.32 Å². The lowest BCUT2D eigenvalue weighted by Gasteiger charge is -2.20. The molecule has 0 saturated heterocycles. The molecule has 1 atom stereocenters. The van der Waals surface area contributed by atoms with Crippen LogP contribution in [0.2, 0.25) is 0 Å². The Hall–Kier alpha value is -0.610. The van der Waals surface area contributed by atoms with E-state index in [-0.39, 0.29) is 18.6 Å². The fourth-order valence-electron chi connectivity index (χ4n) is 0.718. The Morgan fingerprint density at radius 2 is 2.08 bits per heavy atom. The molecule has 4 heteroatoms. The third-order valence-electron chi connectivity index (χ3n) is 1.37. The van der Waals surface area contributed by atoms with E-state index in [1.165, 1.54) is 0 Å². The van der Waals surface area contributed by atoms with Crippen LogP contribution in [0.5, 0.6) is 0 Å². The zero-order chi connectivity index (χ0) is 10.5. The van der Waals surface area contributed by atoms with Crippen molar-refractivity contribution in [2.45, 2.75) is 39.3 Å². The fraction of sp³-hybridized carbons (Fsp3) is 0.889. The van der Waals surface area contributed by atoms with Crippen LogP contribution in [0.3, 0.4) is 0 Å². The molecule has 0 amide bonds. The molecule has 78 valence electrons. The van der Waals surface area contributed by atoms with Gasteiger partial charge in [-0.15, -0.1) is 0 Å². The number of rotatable bonds is 4. The number of nitrogens with one attached hydrogen (secondary N) is 1. The van der Waals surface area contributed by atoms with Crippen molar-refractivity contribution in [2.24, 2.45) is 5.73 Å². The number of carbonyl (C=O) groups is 1. The van der Waals surface area contributed by atoms with Gasteiger partial charge in [0.05, 0.1) is 6.54 Å². The van der Waals surface area contributed by atoms with Gasteiger partial charge in [0.2, 0.25) is 0 Å². The highest BCUT2D eigenvalue weighted by Gasteiger charge is 2.15. The largest absolute Gasteiger partial charge is 0.459 e. The molecule has 0 spiro atoms. The Morgan fingerprint density at radius 1 is 1.54 bits per heavy atom. The summed E-state index contributed by atoms with van der Waals surface area (Å²) < 4.78 is 5.09. The second-order valence-corrected chi connectivity index (χ2v) is 4.10. The van der Waals surface area contributed by atoms with Crippen molar-refractivity contribution in [2.75, 3.05) is 13.1 Å². The van der Waals surface area contributed by atoms with Gasteiger partial charge in [-0.3, -0.25) is 4.79 Å². The quantitative estimate of drug-likeness (QED) is 0.621. The standard InChI is InChI=1S/C9H20N2O2/c1-7(5-10)11-6-8(12)13-9(2,3)4/h7,11H,5-6,10H2,1-4H3. The molecule has 0 aromatic heterocycles. The molecule has 0 aromatic carbocycles. The summed E-state index contributed by atoms with van der Waals surface area (Å²) in [5.74, 6) is -0.243. The summed E-state index contributed by atoms with van der Waals surface area (Å²) in [5, 5.41) is 2.96. The summed E-state index contributed by atoms with van der Waals surface area (Å²) in [5.41, 5.74) is 4.96. The topological polar surface area (TPSA) is 64.3 Å². The van der Waals surface area contributed by atoms with Crippen molar-refractivity contribution in [3.8, 4) is 0 Å². The normalized spacial score (nSPS) is 13.9. The van der Waals surface area contributed by atoms with E-state index in [1.807, 2.05) is 27.7 Å². The van der Waals surface area contributed by atoms with Gasteiger partial charge in [0, 0.05) is 12.6 Å². The molecule has 0 rings (SSSR count). The molecule has 0 aliphatic rings. The lowest BCUT2D eigenvalue weighted by atomic mass is 10.2. The highest BCUT2D eigenvalue weighted by Crippen LogP contribution is 2.06. The summed E-state index contributed by atoms with van der Waals surface area (Å²) in [4.78, 5) is 11.2. The first-order chi connectivity index (χ1) is 5.85. The van der Waals surface area contributed by atoms with Gasteiger partial charge in [-0.1, -0.05) is 0 Å². The highest BCUT2D eigenvalue weighted by molar-refractivity contribution is 5.72. The first-order valence-corrected chi connectivity index (χ1v) is 4.50. The molecule has 0 fully saturated rings. The van der Waals surface area contributed by atoms with Gasteiger partial charge in [-0.05, 0) is 27.7 Å². The molecule has 3 N–H and O–H groups in total. The van der Waals surface area contributed by atoms with E-state index < -0.39 is 5.60 Å². The molecular weight excluding hydrogens is 168 g/mol. The molecule has 4 nitrogen and oxygen atoms in total. The average Bonchev–Trinajstić information content (AvgIpc) is 1.97. The zero-order valence-corrected chi connectivity index (χ0v) is 8.89. The van der Waals surface area contributed by atoms with Crippen molar-refractivity contribution < 1.29 is 9.53 Å². The fourth-order valence-corrected chi connectivity index (χ4v) is 0.718. The monoisotopic (exact) mass is 188 g/mol. The van der Waals surface area contributed by atoms with Gasteiger partial charge in [-0.2, -0.15) is 0 Å². The Labute approximate surface area is 79.8 Å². The van der Waals surface area contributed by atoms with Crippen molar-refractivity contribution in [3.63, 3.8) is 0 Å². The highest BCUT2D eigenvalue weighted by atomic mass is 16.6. The summed E-state index contributed by atoms with van der Waals surface area (Å²) in [6, 6.07) is 0.146. The lowest BCUT2D eigenvalue weighted by molar-refractivity contribution is -0.153. The summed E-state index contributed by atoms with van der Waals surface area (Å²) in [6.07, 6.45) is 0. The van der Waals surface area contributed by atoms with Crippen molar-refractivity contribution >= 4 is 5.97 Å². The Bertz CT molecular complexity index is 163. The van der Waals surface area contributed by atoms with E-state index in [9.17, 15) is 4.79 Å². The van der Waals surface area contributed by atoms with Crippen LogP contribution < -0.4 is 11.1 Å². The minimum Gasteiger partial charge on any atom is -0.459 e. The first-order valence-electron chi connectivity index (χ1n) is 4.50. The van der Waals surface area contributed by atoms with Crippen molar-refractivity contribution in [1.29, 1.82) is 0 Å². The predicted molar refractivity (Wildman–Crippen MR) is 52.4 cm³/mol. The van der Waals surface area contributed by atoms with E-state index in [0.717, 1.165) is 0 Å². The van der Waals surface area contributed by atoms with Crippen LogP contribution in [0.15, 0.2) is 0 Å². The van der Waals surface area contributed by atoms with Gasteiger partial charge in [0.15, 0.2) is 0 Å². The third-order valence-corrected chi connectivity index (χ3v) is 1.37. The number of nitrogens with two attached hydrogens (primary N) is 1. The van der Waals surface area contributed by atoms with E-state index in [2.05, 4.69) is 5.32 Å². The Kier molecular flexibility index (Phi) is 4.95. The number of hydrogen-bond acceptors (Lipinski definition) is 4. The van der Waals surface area contributed by atoms with E-state index in [1.54, 1.807) is 0 Å². The van der Waals surface area contributed by atoms with Crippen LogP contribution in [-0.4, -0.2) is 30.7 Å². The molecule has 0 aliphatic carbocycles. The molecular formula is C9H20N2O2. The summed E-state index contributed by atoms with van der Waals surface area (Å²) in [7, 11) is 0. The van der Waals surface area contributed by atoms with E-state index >= 15 is 0 Å². The Balaban J connectivity index is 3.64. The smallest absolute Gasteiger partial charge is 0.320 e. The van der Waals surface area contributed by atoms with Crippen LogP contribution in [0.25, 0.3) is 0 Å². The van der Waals surface area contributed by atoms with Crippen molar-refractivity contribution in [3.05, 3.63) is 0 Å². The third kappa shape index (κ3) is 7.74. The molecule has 0 aromatic rings. The first kappa shape index (κ1) is 12.4. The predicted octanol–water partition coefficient (Wildman–Crippen LogP) is 0.265. The second kappa shape index (κ2) is 5.19. The molecule has 13 heavy (non-hydrogen) atoms. The van der Waals surface area contributed by atoms with Crippen LogP contribution in [-0.2, 0) is 9.53 Å². The molecule has 0 heterocycles. The maximum Gasteiger partial charge on any atom is 0.320 e. The van der Waals surface area contributed by atoms with Gasteiger partial charge < -0.3 is 15.8 Å². The summed E-state index contributed by atoms with van der Waals surface area (Å²) >= 11 is 0. The van der Waals surface area contributed by atoms with Crippen LogP contribution >= 0.6 is 0 Å².